The first kappa shape index (κ1) is 13.5. The van der Waals surface area contributed by atoms with E-state index in [1.54, 1.807) is 6.07 Å². The quantitative estimate of drug-likeness (QED) is 0.749. The highest BCUT2D eigenvalue weighted by Crippen LogP contribution is 2.34. The number of benzene rings is 1. The van der Waals surface area contributed by atoms with Crippen LogP contribution in [0.4, 0.5) is 13.2 Å². The molecule has 1 aromatic carbocycles. The van der Waals surface area contributed by atoms with Crippen LogP contribution in [0.1, 0.15) is 21.5 Å². The summed E-state index contributed by atoms with van der Waals surface area (Å²) in [5, 5.41) is 8.77. The normalized spacial score (nSPS) is 10.8. The van der Waals surface area contributed by atoms with E-state index in [-0.39, 0.29) is 10.0 Å². The van der Waals surface area contributed by atoms with Crippen LogP contribution in [-0.4, -0.2) is 13.1 Å². The molecule has 0 unspecified atom stereocenters. The maximum Gasteiger partial charge on any atom is 0.416 e. The Bertz CT molecular complexity index is 505. The summed E-state index contributed by atoms with van der Waals surface area (Å²) in [4.78, 5) is 11.3. The van der Waals surface area contributed by atoms with Crippen molar-refractivity contribution in [2.75, 3.05) is 7.11 Å². The molecular weight excluding hydrogens is 303 g/mol. The molecule has 0 N–H and O–H groups in total. The van der Waals surface area contributed by atoms with Gasteiger partial charge in [0, 0.05) is 4.47 Å². The monoisotopic (exact) mass is 307 g/mol. The molecule has 1 rings (SSSR count). The molecule has 0 aliphatic heterocycles. The number of methoxy groups -OCH3 is 1. The van der Waals surface area contributed by atoms with Crippen molar-refractivity contribution in [2.24, 2.45) is 0 Å². The third kappa shape index (κ3) is 2.77. The van der Waals surface area contributed by atoms with E-state index < -0.39 is 23.3 Å². The van der Waals surface area contributed by atoms with Crippen molar-refractivity contribution in [3.63, 3.8) is 0 Å². The second kappa shape index (κ2) is 4.75. The van der Waals surface area contributed by atoms with E-state index in [4.69, 9.17) is 5.26 Å². The van der Waals surface area contributed by atoms with E-state index >= 15 is 0 Å². The van der Waals surface area contributed by atoms with E-state index in [1.165, 1.54) is 0 Å². The lowest BCUT2D eigenvalue weighted by Crippen LogP contribution is -2.11. The average Bonchev–Trinajstić information content (AvgIpc) is 2.25. The summed E-state index contributed by atoms with van der Waals surface area (Å²) in [5.74, 6) is -0.992. The van der Waals surface area contributed by atoms with Gasteiger partial charge >= 0.3 is 12.1 Å². The van der Waals surface area contributed by atoms with E-state index in [1.807, 2.05) is 0 Å². The Kier molecular flexibility index (Phi) is 3.78. The molecule has 0 saturated carbocycles. The Balaban J connectivity index is 3.51. The minimum absolute atomic E-state index is 0.102. The summed E-state index contributed by atoms with van der Waals surface area (Å²) < 4.78 is 41.7. The van der Waals surface area contributed by atoms with Crippen LogP contribution in [0.3, 0.4) is 0 Å². The van der Waals surface area contributed by atoms with Gasteiger partial charge < -0.3 is 4.74 Å². The Morgan fingerprint density at radius 3 is 2.47 bits per heavy atom. The van der Waals surface area contributed by atoms with Crippen LogP contribution in [-0.2, 0) is 10.9 Å². The van der Waals surface area contributed by atoms with Crippen molar-refractivity contribution in [3.05, 3.63) is 33.3 Å². The zero-order valence-electron chi connectivity index (χ0n) is 8.43. The van der Waals surface area contributed by atoms with E-state index in [0.29, 0.717) is 6.07 Å². The number of carbonyl (C=O) groups is 1. The van der Waals surface area contributed by atoms with Gasteiger partial charge in [-0.1, -0.05) is 0 Å². The second-order valence-corrected chi connectivity index (χ2v) is 3.84. The zero-order chi connectivity index (χ0) is 13.2. The number of ether oxygens (including phenoxy) is 1. The molecule has 90 valence electrons. The predicted octanol–water partition coefficient (Wildman–Crippen LogP) is 3.13. The molecule has 0 spiro atoms. The smallest absolute Gasteiger partial charge is 0.416 e. The number of carbonyl (C=O) groups excluding carboxylic acids is 1. The Labute approximate surface area is 103 Å². The molecule has 0 amide bonds. The summed E-state index contributed by atoms with van der Waals surface area (Å²) in [5.41, 5.74) is -1.63. The molecule has 17 heavy (non-hydrogen) atoms. The van der Waals surface area contributed by atoms with Crippen molar-refractivity contribution in [1.29, 1.82) is 5.26 Å². The predicted molar refractivity (Wildman–Crippen MR) is 55.2 cm³/mol. The lowest BCUT2D eigenvalue weighted by molar-refractivity contribution is -0.137. The minimum atomic E-state index is -4.60. The molecule has 0 aliphatic carbocycles. The van der Waals surface area contributed by atoms with Crippen molar-refractivity contribution in [2.45, 2.75) is 6.18 Å². The molecule has 1 aromatic rings. The van der Waals surface area contributed by atoms with Gasteiger partial charge in [-0.05, 0) is 28.1 Å². The highest BCUT2D eigenvalue weighted by molar-refractivity contribution is 9.10. The van der Waals surface area contributed by atoms with Crippen LogP contribution in [0.2, 0.25) is 0 Å². The molecule has 0 saturated heterocycles. The summed E-state index contributed by atoms with van der Waals surface area (Å²) in [6, 6.07) is 2.98. The average molecular weight is 308 g/mol. The maximum atomic E-state index is 12.5. The van der Waals surface area contributed by atoms with E-state index in [2.05, 4.69) is 20.7 Å². The van der Waals surface area contributed by atoms with Gasteiger partial charge in [0.15, 0.2) is 0 Å². The van der Waals surface area contributed by atoms with Crippen LogP contribution in [0.5, 0.6) is 0 Å². The van der Waals surface area contributed by atoms with Gasteiger partial charge in [0.1, 0.15) is 6.07 Å². The Morgan fingerprint density at radius 1 is 1.47 bits per heavy atom. The first-order chi connectivity index (χ1) is 7.81. The molecule has 7 heteroatoms. The first-order valence-corrected chi connectivity index (χ1v) is 4.99. The molecule has 0 radical (unpaired) electrons. The number of hydrogen-bond donors (Lipinski definition) is 0. The third-order valence-corrected chi connectivity index (χ3v) is 2.56. The maximum absolute atomic E-state index is 12.5. The number of nitriles is 1. The van der Waals surface area contributed by atoms with E-state index in [9.17, 15) is 18.0 Å². The van der Waals surface area contributed by atoms with Gasteiger partial charge in [-0.25, -0.2) is 4.79 Å². The van der Waals surface area contributed by atoms with Gasteiger partial charge in [-0.15, -0.1) is 0 Å². The molecule has 3 nitrogen and oxygen atoms in total. The highest BCUT2D eigenvalue weighted by atomic mass is 79.9. The van der Waals surface area contributed by atoms with Crippen LogP contribution in [0, 0.1) is 11.3 Å². The fourth-order valence-electron chi connectivity index (χ4n) is 1.15. The SMILES string of the molecule is COC(=O)c1cc(C(F)(F)F)cc(Br)c1C#N. The Morgan fingerprint density at radius 2 is 2.06 bits per heavy atom. The topological polar surface area (TPSA) is 50.1 Å². The minimum Gasteiger partial charge on any atom is -0.465 e. The number of halogens is 4. The summed E-state index contributed by atoms with van der Waals surface area (Å²) in [6.07, 6.45) is -4.60. The lowest BCUT2D eigenvalue weighted by atomic mass is 10.0. The summed E-state index contributed by atoms with van der Waals surface area (Å²) in [6.45, 7) is 0. The van der Waals surface area contributed by atoms with Crippen LogP contribution in [0.15, 0.2) is 16.6 Å². The van der Waals surface area contributed by atoms with Crippen molar-refractivity contribution in [3.8, 4) is 6.07 Å². The highest BCUT2D eigenvalue weighted by Gasteiger charge is 2.33. The summed E-state index contributed by atoms with van der Waals surface area (Å²) in [7, 11) is 1.03. The van der Waals surface area contributed by atoms with Crippen LogP contribution < -0.4 is 0 Å². The molecule has 0 bridgehead atoms. The van der Waals surface area contributed by atoms with Gasteiger partial charge in [-0.3, -0.25) is 0 Å². The van der Waals surface area contributed by atoms with Gasteiger partial charge in [0.25, 0.3) is 0 Å². The fourth-order valence-corrected chi connectivity index (χ4v) is 1.70. The standard InChI is InChI=1S/C10H5BrF3NO2/c1-17-9(16)6-2-5(10(12,13)14)3-8(11)7(6)4-15/h2-3H,1H3. The second-order valence-electron chi connectivity index (χ2n) is 2.98. The fraction of sp³-hybridized carbons (Fsp3) is 0.200. The molecule has 0 atom stereocenters. The van der Waals surface area contributed by atoms with Crippen LogP contribution >= 0.6 is 15.9 Å². The van der Waals surface area contributed by atoms with Gasteiger partial charge in [-0.2, -0.15) is 18.4 Å². The van der Waals surface area contributed by atoms with Crippen molar-refractivity contribution < 1.29 is 22.7 Å². The third-order valence-electron chi connectivity index (χ3n) is 1.93. The Hall–Kier alpha value is -1.55. The van der Waals surface area contributed by atoms with Crippen molar-refractivity contribution >= 4 is 21.9 Å². The first-order valence-electron chi connectivity index (χ1n) is 4.20. The lowest BCUT2D eigenvalue weighted by Gasteiger charge is -2.10. The number of nitrogens with zero attached hydrogens (tertiary/aromatic N) is 1. The molecule has 0 aromatic heterocycles. The van der Waals surface area contributed by atoms with Crippen molar-refractivity contribution in [1.82, 2.24) is 0 Å². The number of esters is 1. The van der Waals surface area contributed by atoms with E-state index in [0.717, 1.165) is 13.2 Å². The van der Waals surface area contributed by atoms with Crippen LogP contribution in [0.25, 0.3) is 0 Å². The molecule has 0 fully saturated rings. The van der Waals surface area contributed by atoms with Gasteiger partial charge in [0.2, 0.25) is 0 Å². The summed E-state index contributed by atoms with van der Waals surface area (Å²) >= 11 is 2.82. The van der Waals surface area contributed by atoms with Gasteiger partial charge in [0.05, 0.1) is 23.8 Å². The number of alkyl halides is 3. The number of hydrogen-bond acceptors (Lipinski definition) is 3. The largest absolute Gasteiger partial charge is 0.465 e. The number of rotatable bonds is 1. The zero-order valence-corrected chi connectivity index (χ0v) is 10.0. The molecule has 0 aliphatic rings. The molecule has 0 heterocycles. The molecular formula is C10H5BrF3NO2.